The number of halogens is 1. The third-order valence-electron chi connectivity index (χ3n) is 2.58. The monoisotopic (exact) mass is 311 g/mol. The topological polar surface area (TPSA) is 82.1 Å². The van der Waals surface area contributed by atoms with Crippen molar-refractivity contribution in [3.05, 3.63) is 0 Å². The number of carbonyl (C=O) groups is 3. The van der Waals surface area contributed by atoms with Crippen LogP contribution in [0.5, 0.6) is 0 Å². The molecule has 0 saturated heterocycles. The minimum atomic E-state index is -0.332. The highest BCUT2D eigenvalue weighted by Gasteiger charge is 2.12. The van der Waals surface area contributed by atoms with Gasteiger partial charge in [-0.05, 0) is 0 Å². The SMILES string of the molecule is COC(=O)CCN(CCC(=O)OC)CCC(=O)OC.Cl. The Morgan fingerprint density at radius 2 is 0.950 bits per heavy atom. The lowest BCUT2D eigenvalue weighted by Gasteiger charge is -2.20. The van der Waals surface area contributed by atoms with Crippen LogP contribution in [0.15, 0.2) is 0 Å². The molecule has 0 aromatic rings. The summed E-state index contributed by atoms with van der Waals surface area (Å²) in [6.45, 7) is 1.25. The van der Waals surface area contributed by atoms with Gasteiger partial charge in [0.05, 0.1) is 40.6 Å². The van der Waals surface area contributed by atoms with Crippen LogP contribution in [-0.2, 0) is 28.6 Å². The quantitative estimate of drug-likeness (QED) is 0.450. The molecule has 7 nitrogen and oxygen atoms in total. The summed E-state index contributed by atoms with van der Waals surface area (Å²) < 4.78 is 13.6. The lowest BCUT2D eigenvalue weighted by molar-refractivity contribution is -0.141. The van der Waals surface area contributed by atoms with Gasteiger partial charge in [0, 0.05) is 19.6 Å². The number of carbonyl (C=O) groups excluding carboxylic acids is 3. The first-order valence-corrected chi connectivity index (χ1v) is 5.96. The Balaban J connectivity index is 0. The molecule has 8 heteroatoms. The van der Waals surface area contributed by atoms with Crippen LogP contribution in [0.1, 0.15) is 19.3 Å². The zero-order valence-electron chi connectivity index (χ0n) is 12.0. The van der Waals surface area contributed by atoms with Gasteiger partial charge in [0.25, 0.3) is 0 Å². The maximum atomic E-state index is 11.1. The van der Waals surface area contributed by atoms with Crippen molar-refractivity contribution in [2.24, 2.45) is 0 Å². The van der Waals surface area contributed by atoms with Gasteiger partial charge in [-0.1, -0.05) is 0 Å². The third-order valence-corrected chi connectivity index (χ3v) is 2.58. The molecule has 0 aromatic heterocycles. The largest absolute Gasteiger partial charge is 0.469 e. The van der Waals surface area contributed by atoms with Gasteiger partial charge >= 0.3 is 17.9 Å². The molecule has 0 rings (SSSR count). The van der Waals surface area contributed by atoms with Gasteiger partial charge < -0.3 is 19.1 Å². The first-order chi connectivity index (χ1) is 9.03. The number of rotatable bonds is 9. The van der Waals surface area contributed by atoms with Gasteiger partial charge in [-0.15, -0.1) is 12.4 Å². The van der Waals surface area contributed by atoms with Crippen LogP contribution in [0.3, 0.4) is 0 Å². The van der Waals surface area contributed by atoms with E-state index in [2.05, 4.69) is 14.2 Å². The molecule has 0 radical (unpaired) electrons. The van der Waals surface area contributed by atoms with Crippen molar-refractivity contribution in [3.8, 4) is 0 Å². The second-order valence-electron chi connectivity index (χ2n) is 3.82. The lowest BCUT2D eigenvalue weighted by atomic mass is 10.3. The van der Waals surface area contributed by atoms with Crippen molar-refractivity contribution < 1.29 is 28.6 Å². The average Bonchev–Trinajstić information content (AvgIpc) is 2.44. The first-order valence-electron chi connectivity index (χ1n) is 5.96. The van der Waals surface area contributed by atoms with Gasteiger partial charge in [0.15, 0.2) is 0 Å². The van der Waals surface area contributed by atoms with E-state index < -0.39 is 0 Å². The molecule has 0 saturated carbocycles. The molecule has 0 heterocycles. The van der Waals surface area contributed by atoms with E-state index in [1.807, 2.05) is 4.90 Å². The van der Waals surface area contributed by atoms with E-state index in [1.165, 1.54) is 21.3 Å². The predicted octanol–water partition coefficient (Wildman–Crippen LogP) is 0.399. The molecule has 20 heavy (non-hydrogen) atoms. The highest BCUT2D eigenvalue weighted by atomic mass is 35.5. The molecule has 118 valence electrons. The van der Waals surface area contributed by atoms with Crippen molar-refractivity contribution >= 4 is 30.3 Å². The molecular formula is C12H22ClNO6. The Bertz CT molecular complexity index is 263. The highest BCUT2D eigenvalue weighted by Crippen LogP contribution is 2.00. The van der Waals surface area contributed by atoms with E-state index in [-0.39, 0.29) is 49.6 Å². The molecule has 0 aliphatic heterocycles. The Morgan fingerprint density at radius 1 is 0.700 bits per heavy atom. The predicted molar refractivity (Wildman–Crippen MR) is 73.6 cm³/mol. The lowest BCUT2D eigenvalue weighted by Crippen LogP contribution is -2.31. The number of methoxy groups -OCH3 is 3. The Morgan fingerprint density at radius 3 is 1.15 bits per heavy atom. The van der Waals surface area contributed by atoms with Crippen LogP contribution >= 0.6 is 12.4 Å². The maximum absolute atomic E-state index is 11.1. The summed E-state index contributed by atoms with van der Waals surface area (Å²) in [5.41, 5.74) is 0. The summed E-state index contributed by atoms with van der Waals surface area (Å²) in [5.74, 6) is -0.997. The van der Waals surface area contributed by atoms with Crippen molar-refractivity contribution in [2.45, 2.75) is 19.3 Å². The molecule has 0 N–H and O–H groups in total. The molecule has 0 unspecified atom stereocenters. The van der Waals surface area contributed by atoms with Crippen LogP contribution in [0, 0.1) is 0 Å². The van der Waals surface area contributed by atoms with E-state index in [0.29, 0.717) is 19.6 Å². The zero-order valence-corrected chi connectivity index (χ0v) is 12.9. The zero-order chi connectivity index (χ0) is 14.7. The molecule has 0 atom stereocenters. The van der Waals surface area contributed by atoms with E-state index >= 15 is 0 Å². The molecule has 0 aliphatic carbocycles. The summed E-state index contributed by atoms with van der Waals surface area (Å²) in [6, 6.07) is 0. The van der Waals surface area contributed by atoms with Gasteiger partial charge in [-0.2, -0.15) is 0 Å². The van der Waals surface area contributed by atoms with Crippen molar-refractivity contribution in [1.82, 2.24) is 4.90 Å². The molecule has 0 bridgehead atoms. The van der Waals surface area contributed by atoms with Crippen LogP contribution < -0.4 is 0 Å². The number of esters is 3. The average molecular weight is 312 g/mol. The fourth-order valence-corrected chi connectivity index (χ4v) is 1.39. The van der Waals surface area contributed by atoms with Gasteiger partial charge in [0.1, 0.15) is 0 Å². The number of hydrogen-bond acceptors (Lipinski definition) is 7. The summed E-state index contributed by atoms with van der Waals surface area (Å²) in [4.78, 5) is 35.0. The van der Waals surface area contributed by atoms with Gasteiger partial charge in [0.2, 0.25) is 0 Å². The van der Waals surface area contributed by atoms with Crippen LogP contribution in [-0.4, -0.2) is 63.8 Å². The number of nitrogens with zero attached hydrogens (tertiary/aromatic N) is 1. The number of hydrogen-bond donors (Lipinski definition) is 0. The van der Waals surface area contributed by atoms with Gasteiger partial charge in [-0.25, -0.2) is 0 Å². The standard InChI is InChI=1S/C12H21NO6.ClH/c1-17-10(14)4-7-13(8-5-11(15)18-2)9-6-12(16)19-3;/h4-9H2,1-3H3;1H. The second-order valence-corrected chi connectivity index (χ2v) is 3.82. The number of ether oxygens (including phenoxy) is 3. The minimum Gasteiger partial charge on any atom is -0.469 e. The molecule has 0 amide bonds. The Labute approximate surface area is 124 Å². The van der Waals surface area contributed by atoms with Crippen molar-refractivity contribution in [1.29, 1.82) is 0 Å². The van der Waals surface area contributed by atoms with Crippen molar-refractivity contribution in [3.63, 3.8) is 0 Å². The molecule has 0 aliphatic rings. The van der Waals surface area contributed by atoms with Crippen LogP contribution in [0.4, 0.5) is 0 Å². The minimum absolute atomic E-state index is 0. The summed E-state index contributed by atoms with van der Waals surface area (Å²) in [7, 11) is 3.95. The fraction of sp³-hybridized carbons (Fsp3) is 0.750. The summed E-state index contributed by atoms with van der Waals surface area (Å²) in [5, 5.41) is 0. The normalized spacial score (nSPS) is 9.60. The highest BCUT2D eigenvalue weighted by molar-refractivity contribution is 5.85. The molecule has 0 aromatic carbocycles. The molecular weight excluding hydrogens is 290 g/mol. The van der Waals surface area contributed by atoms with E-state index in [9.17, 15) is 14.4 Å². The van der Waals surface area contributed by atoms with E-state index in [0.717, 1.165) is 0 Å². The second kappa shape index (κ2) is 12.7. The Hall–Kier alpha value is -1.34. The summed E-state index contributed by atoms with van der Waals surface area (Å²) in [6.07, 6.45) is 0.622. The van der Waals surface area contributed by atoms with E-state index in [1.54, 1.807) is 0 Å². The summed E-state index contributed by atoms with van der Waals surface area (Å²) >= 11 is 0. The molecule has 0 spiro atoms. The van der Waals surface area contributed by atoms with Crippen LogP contribution in [0.2, 0.25) is 0 Å². The maximum Gasteiger partial charge on any atom is 0.306 e. The third kappa shape index (κ3) is 10.6. The first kappa shape index (κ1) is 21.0. The van der Waals surface area contributed by atoms with Crippen molar-refractivity contribution in [2.75, 3.05) is 41.0 Å². The van der Waals surface area contributed by atoms with Gasteiger partial charge in [-0.3, -0.25) is 14.4 Å². The van der Waals surface area contributed by atoms with E-state index in [4.69, 9.17) is 0 Å². The fourth-order valence-electron chi connectivity index (χ4n) is 1.39. The molecule has 0 fully saturated rings. The smallest absolute Gasteiger partial charge is 0.306 e. The Kier molecular flexibility index (Phi) is 13.3. The van der Waals surface area contributed by atoms with Crippen LogP contribution in [0.25, 0.3) is 0 Å².